The lowest BCUT2D eigenvalue weighted by Crippen LogP contribution is -2.27. The number of nitrogens with zero attached hydrogens (tertiary/aromatic N) is 2. The molecule has 0 N–H and O–H groups in total. The van der Waals surface area contributed by atoms with Gasteiger partial charge >= 0.3 is 5.97 Å². The molecule has 2 aromatic rings. The van der Waals surface area contributed by atoms with Crippen molar-refractivity contribution in [1.29, 1.82) is 0 Å². The molecule has 0 bridgehead atoms. The Morgan fingerprint density at radius 3 is 2.90 bits per heavy atom. The monoisotopic (exact) mass is 294 g/mol. The molecule has 108 valence electrons. The van der Waals surface area contributed by atoms with Crippen LogP contribution in [0.5, 0.6) is 0 Å². The average Bonchev–Trinajstić information content (AvgIpc) is 2.86. The molecule has 0 unspecified atom stereocenters. The lowest BCUT2D eigenvalue weighted by atomic mass is 10.3. The molecule has 0 aliphatic carbocycles. The minimum atomic E-state index is -0.409. The van der Waals surface area contributed by atoms with Gasteiger partial charge in [0.1, 0.15) is 11.4 Å². The van der Waals surface area contributed by atoms with Crippen LogP contribution >= 0.6 is 11.3 Å². The number of rotatable bonds is 5. The highest BCUT2D eigenvalue weighted by Crippen LogP contribution is 2.20. The molecule has 20 heavy (non-hydrogen) atoms. The van der Waals surface area contributed by atoms with Gasteiger partial charge in [-0.25, -0.2) is 4.98 Å². The fourth-order valence-electron chi connectivity index (χ4n) is 1.78. The van der Waals surface area contributed by atoms with E-state index in [0.29, 0.717) is 5.39 Å². The Labute approximate surface area is 121 Å². The van der Waals surface area contributed by atoms with Crippen LogP contribution in [0.2, 0.25) is 0 Å². The number of carbonyl (C=O) groups excluding carboxylic acids is 1. The summed E-state index contributed by atoms with van der Waals surface area (Å²) >= 11 is 1.51. The molecule has 1 atom stereocenters. The Morgan fingerprint density at radius 2 is 2.25 bits per heavy atom. The van der Waals surface area contributed by atoms with Crippen molar-refractivity contribution in [3.8, 4) is 0 Å². The predicted molar refractivity (Wildman–Crippen MR) is 79.1 cm³/mol. The number of hydrogen-bond acceptors (Lipinski definition) is 5. The van der Waals surface area contributed by atoms with E-state index in [1.54, 1.807) is 0 Å². The number of thiophene rings is 1. The second-order valence-corrected chi connectivity index (χ2v) is 5.79. The molecule has 0 spiro atoms. The lowest BCUT2D eigenvalue weighted by molar-refractivity contribution is -0.149. The molecule has 5 nitrogen and oxygen atoms in total. The van der Waals surface area contributed by atoms with Crippen molar-refractivity contribution < 1.29 is 9.53 Å². The predicted octanol–water partition coefficient (Wildman–Crippen LogP) is 2.36. The van der Waals surface area contributed by atoms with Gasteiger partial charge in [-0.1, -0.05) is 13.8 Å². The molecular formula is C14H18N2O3S. The van der Waals surface area contributed by atoms with Crippen molar-refractivity contribution in [1.82, 2.24) is 9.55 Å². The van der Waals surface area contributed by atoms with Crippen molar-refractivity contribution in [3.05, 3.63) is 27.6 Å². The normalized spacial score (nSPS) is 12.6. The molecule has 0 aliphatic heterocycles. The van der Waals surface area contributed by atoms with E-state index >= 15 is 0 Å². The molecule has 0 aliphatic rings. The van der Waals surface area contributed by atoms with E-state index in [0.717, 1.165) is 22.5 Å². The van der Waals surface area contributed by atoms with Crippen LogP contribution in [0, 0.1) is 0 Å². The van der Waals surface area contributed by atoms with E-state index in [-0.39, 0.29) is 18.2 Å². The van der Waals surface area contributed by atoms with Gasteiger partial charge in [0.05, 0.1) is 17.8 Å². The Morgan fingerprint density at radius 1 is 1.50 bits per heavy atom. The average molecular weight is 294 g/mol. The molecular weight excluding hydrogens is 276 g/mol. The third-order valence-electron chi connectivity index (χ3n) is 3.12. The summed E-state index contributed by atoms with van der Waals surface area (Å²) in [5, 5.41) is 0.575. The number of aromatic nitrogens is 2. The van der Waals surface area contributed by atoms with Gasteiger partial charge in [0.2, 0.25) is 0 Å². The summed E-state index contributed by atoms with van der Waals surface area (Å²) in [6.07, 6.45) is 2.90. The van der Waals surface area contributed by atoms with Crippen LogP contribution in [0.1, 0.15) is 32.1 Å². The summed E-state index contributed by atoms with van der Waals surface area (Å²) < 4.78 is 6.48. The van der Waals surface area contributed by atoms with E-state index in [1.165, 1.54) is 22.2 Å². The van der Waals surface area contributed by atoms with E-state index < -0.39 is 5.97 Å². The summed E-state index contributed by atoms with van der Waals surface area (Å²) in [4.78, 5) is 30.1. The number of esters is 1. The van der Waals surface area contributed by atoms with Gasteiger partial charge in [0.25, 0.3) is 5.56 Å². The highest BCUT2D eigenvalue weighted by atomic mass is 32.1. The van der Waals surface area contributed by atoms with Crippen molar-refractivity contribution in [3.63, 3.8) is 0 Å². The van der Waals surface area contributed by atoms with Crippen LogP contribution in [0.15, 0.2) is 17.2 Å². The quantitative estimate of drug-likeness (QED) is 0.794. The van der Waals surface area contributed by atoms with E-state index in [2.05, 4.69) is 4.98 Å². The van der Waals surface area contributed by atoms with Gasteiger partial charge in [0.15, 0.2) is 0 Å². The second kappa shape index (κ2) is 6.17. The van der Waals surface area contributed by atoms with Crippen LogP contribution in [0.3, 0.4) is 0 Å². The van der Waals surface area contributed by atoms with E-state index in [9.17, 15) is 9.59 Å². The maximum absolute atomic E-state index is 12.3. The maximum atomic E-state index is 12.3. The van der Waals surface area contributed by atoms with E-state index in [4.69, 9.17) is 4.74 Å². The summed E-state index contributed by atoms with van der Waals surface area (Å²) in [5.74, 6) is -0.409. The van der Waals surface area contributed by atoms with Crippen molar-refractivity contribution in [2.24, 2.45) is 0 Å². The SMILES string of the molecule is CCc1cc2c(=O)n(CC(=O)O[C@H](C)CC)cnc2s1. The fourth-order valence-corrected chi connectivity index (χ4v) is 2.71. The summed E-state index contributed by atoms with van der Waals surface area (Å²) in [6, 6.07) is 1.85. The number of fused-ring (bicyclic) bond motifs is 1. The molecule has 0 saturated carbocycles. The highest BCUT2D eigenvalue weighted by Gasteiger charge is 2.13. The zero-order valence-electron chi connectivity index (χ0n) is 11.9. The van der Waals surface area contributed by atoms with Crippen LogP contribution in [-0.2, 0) is 22.5 Å². The van der Waals surface area contributed by atoms with Gasteiger partial charge in [0, 0.05) is 4.88 Å². The Balaban J connectivity index is 2.25. The van der Waals surface area contributed by atoms with Crippen molar-refractivity contribution in [2.75, 3.05) is 0 Å². The third-order valence-corrected chi connectivity index (χ3v) is 4.31. The Bertz CT molecular complexity index is 675. The molecule has 2 rings (SSSR count). The molecule has 6 heteroatoms. The smallest absolute Gasteiger partial charge is 0.326 e. The van der Waals surface area contributed by atoms with Crippen LogP contribution in [0.4, 0.5) is 0 Å². The molecule has 2 aromatic heterocycles. The molecule has 0 amide bonds. The minimum Gasteiger partial charge on any atom is -0.461 e. The Hall–Kier alpha value is -1.69. The highest BCUT2D eigenvalue weighted by molar-refractivity contribution is 7.18. The first-order valence-corrected chi connectivity index (χ1v) is 7.54. The van der Waals surface area contributed by atoms with Gasteiger partial charge in [-0.2, -0.15) is 0 Å². The fraction of sp³-hybridized carbons (Fsp3) is 0.500. The Kier molecular flexibility index (Phi) is 4.54. The topological polar surface area (TPSA) is 61.2 Å². The lowest BCUT2D eigenvalue weighted by Gasteiger charge is -2.11. The first-order chi connectivity index (χ1) is 9.55. The number of ether oxygens (including phenoxy) is 1. The van der Waals surface area contributed by atoms with Crippen molar-refractivity contribution >= 4 is 27.5 Å². The standard InChI is InChI=1S/C14H18N2O3S/c1-4-9(3)19-12(17)7-16-8-15-13-11(14(16)18)6-10(5-2)20-13/h6,8-9H,4-5,7H2,1-3H3/t9-/m1/s1. The minimum absolute atomic E-state index is 0.0938. The zero-order valence-corrected chi connectivity index (χ0v) is 12.7. The number of hydrogen-bond donors (Lipinski definition) is 0. The van der Waals surface area contributed by atoms with Crippen LogP contribution in [-0.4, -0.2) is 21.6 Å². The summed E-state index contributed by atoms with van der Waals surface area (Å²) in [5.41, 5.74) is -0.188. The molecule has 0 fully saturated rings. The molecule has 0 radical (unpaired) electrons. The number of carbonyl (C=O) groups is 1. The first kappa shape index (κ1) is 14.7. The van der Waals surface area contributed by atoms with Gasteiger partial charge in [-0.05, 0) is 25.8 Å². The maximum Gasteiger partial charge on any atom is 0.326 e. The first-order valence-electron chi connectivity index (χ1n) is 6.72. The summed E-state index contributed by atoms with van der Waals surface area (Å²) in [6.45, 7) is 5.71. The number of aryl methyl sites for hydroxylation is 1. The molecule has 0 aromatic carbocycles. The second-order valence-electron chi connectivity index (χ2n) is 4.67. The molecule has 0 saturated heterocycles. The summed E-state index contributed by atoms with van der Waals surface area (Å²) in [7, 11) is 0. The van der Waals surface area contributed by atoms with Crippen LogP contribution < -0.4 is 5.56 Å². The largest absolute Gasteiger partial charge is 0.461 e. The van der Waals surface area contributed by atoms with Gasteiger partial charge < -0.3 is 4.74 Å². The van der Waals surface area contributed by atoms with Gasteiger partial charge in [-0.3, -0.25) is 14.2 Å². The van der Waals surface area contributed by atoms with Gasteiger partial charge in [-0.15, -0.1) is 11.3 Å². The zero-order chi connectivity index (χ0) is 14.7. The van der Waals surface area contributed by atoms with E-state index in [1.807, 2.05) is 26.8 Å². The third kappa shape index (κ3) is 3.07. The van der Waals surface area contributed by atoms with Crippen molar-refractivity contribution in [2.45, 2.75) is 46.3 Å². The van der Waals surface area contributed by atoms with Crippen LogP contribution in [0.25, 0.3) is 10.2 Å². The molecule has 2 heterocycles.